The van der Waals surface area contributed by atoms with E-state index < -0.39 is 10.0 Å². The van der Waals surface area contributed by atoms with E-state index in [9.17, 15) is 8.42 Å². The molecule has 0 saturated heterocycles. The fourth-order valence-electron chi connectivity index (χ4n) is 2.61. The van der Waals surface area contributed by atoms with Crippen molar-refractivity contribution in [3.05, 3.63) is 29.8 Å². The summed E-state index contributed by atoms with van der Waals surface area (Å²) in [6.45, 7) is 8.07. The van der Waals surface area contributed by atoms with E-state index >= 15 is 0 Å². The van der Waals surface area contributed by atoms with E-state index in [4.69, 9.17) is 0 Å². The van der Waals surface area contributed by atoms with Crippen LogP contribution < -0.4 is 15.4 Å². The zero-order chi connectivity index (χ0) is 19.6. The van der Waals surface area contributed by atoms with Gasteiger partial charge in [-0.25, -0.2) is 13.1 Å². The molecular formula is C19H35IN4O2S. The van der Waals surface area contributed by atoms with Crippen LogP contribution in [0.3, 0.4) is 0 Å². The highest BCUT2D eigenvalue weighted by atomic mass is 127. The molecule has 0 fully saturated rings. The average Bonchev–Trinajstić information content (AvgIpc) is 2.62. The number of nitrogens with zero attached hydrogens (tertiary/aromatic N) is 1. The van der Waals surface area contributed by atoms with Crippen molar-refractivity contribution in [1.29, 1.82) is 0 Å². The van der Waals surface area contributed by atoms with Crippen LogP contribution in [0, 0.1) is 5.41 Å². The van der Waals surface area contributed by atoms with Crippen molar-refractivity contribution in [3.63, 3.8) is 0 Å². The topological polar surface area (TPSA) is 82.6 Å². The molecular weight excluding hydrogens is 475 g/mol. The first-order valence-electron chi connectivity index (χ1n) is 9.21. The van der Waals surface area contributed by atoms with Crippen LogP contribution in [0.25, 0.3) is 0 Å². The summed E-state index contributed by atoms with van der Waals surface area (Å²) in [6, 6.07) is 6.89. The molecule has 0 aromatic heterocycles. The number of rotatable bonds is 10. The first-order chi connectivity index (χ1) is 12.2. The van der Waals surface area contributed by atoms with Crippen molar-refractivity contribution in [2.45, 2.75) is 57.9 Å². The smallest absolute Gasteiger partial charge is 0.240 e. The standard InChI is InChI=1S/C19H34N4O2S.HI/c1-6-7-8-12-19(2,3)15-23-18(20-4)22-14-16-10-9-11-17(13-16)26(24,25)21-5;/h9-11,13,21H,6-8,12,14-15H2,1-5H3,(H2,20,22,23);1H. The molecule has 1 rings (SSSR count). The fourth-order valence-corrected chi connectivity index (χ4v) is 3.41. The Balaban J connectivity index is 0.00000676. The zero-order valence-corrected chi connectivity index (χ0v) is 20.3. The number of guanidine groups is 1. The Morgan fingerprint density at radius 1 is 1.19 bits per heavy atom. The molecule has 0 spiro atoms. The van der Waals surface area contributed by atoms with E-state index in [1.165, 1.54) is 32.7 Å². The summed E-state index contributed by atoms with van der Waals surface area (Å²) in [5.74, 6) is 0.718. The van der Waals surface area contributed by atoms with Crippen LogP contribution in [0.4, 0.5) is 0 Å². The number of hydrogen-bond donors (Lipinski definition) is 3. The lowest BCUT2D eigenvalue weighted by Gasteiger charge is -2.26. The maximum Gasteiger partial charge on any atom is 0.240 e. The summed E-state index contributed by atoms with van der Waals surface area (Å²) in [6.07, 6.45) is 4.91. The second-order valence-corrected chi connectivity index (χ2v) is 9.14. The zero-order valence-electron chi connectivity index (χ0n) is 17.1. The highest BCUT2D eigenvalue weighted by molar-refractivity contribution is 14.0. The molecule has 0 heterocycles. The van der Waals surface area contributed by atoms with Crippen LogP contribution in [-0.2, 0) is 16.6 Å². The van der Waals surface area contributed by atoms with Crippen LogP contribution in [0.1, 0.15) is 52.0 Å². The van der Waals surface area contributed by atoms with Gasteiger partial charge in [0.2, 0.25) is 10.0 Å². The van der Waals surface area contributed by atoms with Gasteiger partial charge in [0.25, 0.3) is 0 Å². The Morgan fingerprint density at radius 2 is 1.89 bits per heavy atom. The molecule has 156 valence electrons. The van der Waals surface area contributed by atoms with Crippen molar-refractivity contribution in [2.75, 3.05) is 20.6 Å². The molecule has 3 N–H and O–H groups in total. The van der Waals surface area contributed by atoms with Gasteiger partial charge in [0.15, 0.2) is 5.96 Å². The monoisotopic (exact) mass is 510 g/mol. The summed E-state index contributed by atoms with van der Waals surface area (Å²) >= 11 is 0. The number of halogens is 1. The van der Waals surface area contributed by atoms with Crippen molar-refractivity contribution in [3.8, 4) is 0 Å². The maximum atomic E-state index is 11.9. The van der Waals surface area contributed by atoms with E-state index in [1.54, 1.807) is 25.2 Å². The third-order valence-electron chi connectivity index (χ3n) is 4.35. The fraction of sp³-hybridized carbons (Fsp3) is 0.632. The Morgan fingerprint density at radius 3 is 2.48 bits per heavy atom. The molecule has 0 aliphatic rings. The summed E-state index contributed by atoms with van der Waals surface area (Å²) < 4.78 is 26.1. The van der Waals surface area contributed by atoms with E-state index in [-0.39, 0.29) is 34.3 Å². The Bertz CT molecular complexity index is 691. The lowest BCUT2D eigenvalue weighted by atomic mass is 9.87. The van der Waals surface area contributed by atoms with Crippen LogP contribution in [0.15, 0.2) is 34.2 Å². The molecule has 1 aromatic rings. The number of hydrogen-bond acceptors (Lipinski definition) is 3. The number of unbranched alkanes of at least 4 members (excludes halogenated alkanes) is 2. The largest absolute Gasteiger partial charge is 0.356 e. The number of nitrogens with one attached hydrogen (secondary N) is 3. The van der Waals surface area contributed by atoms with E-state index in [0.29, 0.717) is 6.54 Å². The van der Waals surface area contributed by atoms with Crippen LogP contribution in [0.2, 0.25) is 0 Å². The summed E-state index contributed by atoms with van der Waals surface area (Å²) in [4.78, 5) is 4.52. The molecule has 0 aliphatic heterocycles. The quantitative estimate of drug-likeness (QED) is 0.195. The van der Waals surface area contributed by atoms with Gasteiger partial charge in [0.1, 0.15) is 0 Å². The minimum absolute atomic E-state index is 0. The lowest BCUT2D eigenvalue weighted by molar-refractivity contribution is 0.318. The van der Waals surface area contributed by atoms with E-state index in [2.05, 4.69) is 41.1 Å². The van der Waals surface area contributed by atoms with Crippen molar-refractivity contribution < 1.29 is 8.42 Å². The van der Waals surface area contributed by atoms with Gasteiger partial charge in [-0.2, -0.15) is 0 Å². The normalized spacial score (nSPS) is 12.4. The van der Waals surface area contributed by atoms with E-state index in [0.717, 1.165) is 18.1 Å². The Kier molecular flexibility index (Phi) is 12.2. The number of benzene rings is 1. The Hall–Kier alpha value is -0.870. The SMILES string of the molecule is CCCCCC(C)(C)CNC(=NC)NCc1cccc(S(=O)(=O)NC)c1.I. The highest BCUT2D eigenvalue weighted by Crippen LogP contribution is 2.22. The molecule has 0 aliphatic carbocycles. The van der Waals surface area contributed by atoms with Crippen LogP contribution >= 0.6 is 24.0 Å². The van der Waals surface area contributed by atoms with Gasteiger partial charge in [-0.05, 0) is 36.6 Å². The minimum Gasteiger partial charge on any atom is -0.356 e. The lowest BCUT2D eigenvalue weighted by Crippen LogP contribution is -2.41. The third-order valence-corrected chi connectivity index (χ3v) is 5.76. The molecule has 0 saturated carbocycles. The molecule has 27 heavy (non-hydrogen) atoms. The minimum atomic E-state index is -3.43. The molecule has 0 radical (unpaired) electrons. The third kappa shape index (κ3) is 9.75. The predicted octanol–water partition coefficient (Wildman–Crippen LogP) is 3.48. The van der Waals surface area contributed by atoms with Crippen LogP contribution in [-0.4, -0.2) is 35.0 Å². The van der Waals surface area contributed by atoms with Gasteiger partial charge in [-0.3, -0.25) is 4.99 Å². The molecule has 8 heteroatoms. The van der Waals surface area contributed by atoms with Gasteiger partial charge in [0.05, 0.1) is 4.90 Å². The summed E-state index contributed by atoms with van der Waals surface area (Å²) in [5, 5.41) is 6.62. The highest BCUT2D eigenvalue weighted by Gasteiger charge is 2.17. The number of aliphatic imine (C=N–C) groups is 1. The van der Waals surface area contributed by atoms with Crippen molar-refractivity contribution >= 4 is 40.0 Å². The van der Waals surface area contributed by atoms with Gasteiger partial charge in [-0.1, -0.05) is 52.2 Å². The van der Waals surface area contributed by atoms with Gasteiger partial charge >= 0.3 is 0 Å². The van der Waals surface area contributed by atoms with Gasteiger partial charge in [0, 0.05) is 20.1 Å². The molecule has 0 atom stereocenters. The molecule has 0 amide bonds. The number of sulfonamides is 1. The average molecular weight is 510 g/mol. The van der Waals surface area contributed by atoms with Crippen molar-refractivity contribution in [2.24, 2.45) is 10.4 Å². The van der Waals surface area contributed by atoms with E-state index in [1.807, 2.05) is 6.07 Å². The summed E-state index contributed by atoms with van der Waals surface area (Å²) in [5.41, 5.74) is 1.08. The molecule has 0 bridgehead atoms. The second kappa shape index (κ2) is 12.6. The van der Waals surface area contributed by atoms with Gasteiger partial charge in [-0.15, -0.1) is 24.0 Å². The first kappa shape index (κ1) is 26.1. The predicted molar refractivity (Wildman–Crippen MR) is 124 cm³/mol. The molecule has 1 aromatic carbocycles. The Labute approximate surface area is 182 Å². The van der Waals surface area contributed by atoms with Gasteiger partial charge < -0.3 is 10.6 Å². The molecule has 0 unspecified atom stereocenters. The van der Waals surface area contributed by atoms with Crippen molar-refractivity contribution in [1.82, 2.24) is 15.4 Å². The van der Waals surface area contributed by atoms with Crippen LogP contribution in [0.5, 0.6) is 0 Å². The second-order valence-electron chi connectivity index (χ2n) is 7.26. The first-order valence-corrected chi connectivity index (χ1v) is 10.7. The maximum absolute atomic E-state index is 11.9. The molecule has 6 nitrogen and oxygen atoms in total. The summed E-state index contributed by atoms with van der Waals surface area (Å²) in [7, 11) is -0.281.